The van der Waals surface area contributed by atoms with Crippen molar-refractivity contribution in [2.75, 3.05) is 18.5 Å². The highest BCUT2D eigenvalue weighted by Gasteiger charge is 2.40. The molecule has 0 saturated carbocycles. The summed E-state index contributed by atoms with van der Waals surface area (Å²) in [6.07, 6.45) is 2.51. The van der Waals surface area contributed by atoms with Crippen molar-refractivity contribution in [1.29, 1.82) is 0 Å². The van der Waals surface area contributed by atoms with Crippen molar-refractivity contribution >= 4 is 16.5 Å². The van der Waals surface area contributed by atoms with E-state index in [-0.39, 0.29) is 5.41 Å². The van der Waals surface area contributed by atoms with Gasteiger partial charge in [0.2, 0.25) is 0 Å². The summed E-state index contributed by atoms with van der Waals surface area (Å²) in [6.45, 7) is 15.0. The van der Waals surface area contributed by atoms with E-state index in [1.54, 1.807) is 0 Å². The average Bonchev–Trinajstić information content (AvgIpc) is 2.71. The molecule has 0 aliphatic heterocycles. The van der Waals surface area contributed by atoms with Crippen molar-refractivity contribution in [3.8, 4) is 0 Å². The van der Waals surface area contributed by atoms with Crippen LogP contribution in [0.5, 0.6) is 0 Å². The summed E-state index contributed by atoms with van der Waals surface area (Å²) in [5.41, 5.74) is 1.87. The van der Waals surface area contributed by atoms with Gasteiger partial charge in [0, 0.05) is 29.3 Å². The third-order valence-corrected chi connectivity index (χ3v) is 5.75. The predicted octanol–water partition coefficient (Wildman–Crippen LogP) is 4.58. The van der Waals surface area contributed by atoms with Gasteiger partial charge >= 0.3 is 0 Å². The van der Waals surface area contributed by atoms with Crippen LogP contribution in [0.2, 0.25) is 0 Å². The van der Waals surface area contributed by atoms with Crippen LogP contribution in [0.1, 0.15) is 65.0 Å². The zero-order valence-corrected chi connectivity index (χ0v) is 14.3. The first-order valence-electron chi connectivity index (χ1n) is 7.36. The second kappa shape index (κ2) is 4.76. The third-order valence-electron chi connectivity index (χ3n) is 4.21. The SMILES string of the molecule is CC(C)CN(C)c1nc2c(s1)C(C)(C)CCC2(C)C. The molecule has 1 aromatic heterocycles. The molecule has 108 valence electrons. The molecule has 1 heterocycles. The highest BCUT2D eigenvalue weighted by Crippen LogP contribution is 2.49. The van der Waals surface area contributed by atoms with Crippen molar-refractivity contribution in [2.24, 2.45) is 5.92 Å². The Morgan fingerprint density at radius 3 is 2.26 bits per heavy atom. The van der Waals surface area contributed by atoms with Gasteiger partial charge in [-0.2, -0.15) is 0 Å². The van der Waals surface area contributed by atoms with E-state index in [2.05, 4.69) is 53.5 Å². The van der Waals surface area contributed by atoms with Crippen LogP contribution < -0.4 is 4.90 Å². The molecule has 2 rings (SSSR count). The van der Waals surface area contributed by atoms with Crippen LogP contribution >= 0.6 is 11.3 Å². The number of aromatic nitrogens is 1. The van der Waals surface area contributed by atoms with E-state index < -0.39 is 0 Å². The van der Waals surface area contributed by atoms with Crippen molar-refractivity contribution in [2.45, 2.75) is 65.2 Å². The molecule has 1 aliphatic carbocycles. The maximum atomic E-state index is 5.00. The van der Waals surface area contributed by atoms with Gasteiger partial charge in [-0.25, -0.2) is 4.98 Å². The second-order valence-corrected chi connectivity index (χ2v) is 8.69. The van der Waals surface area contributed by atoms with Gasteiger partial charge in [-0.1, -0.05) is 41.5 Å². The highest BCUT2D eigenvalue weighted by molar-refractivity contribution is 7.15. The van der Waals surface area contributed by atoms with E-state index in [9.17, 15) is 0 Å². The largest absolute Gasteiger partial charge is 0.351 e. The Bertz CT molecular complexity index is 424. The van der Waals surface area contributed by atoms with Gasteiger partial charge in [-0.3, -0.25) is 0 Å². The summed E-state index contributed by atoms with van der Waals surface area (Å²) in [6, 6.07) is 0. The summed E-state index contributed by atoms with van der Waals surface area (Å²) in [5.74, 6) is 0.673. The normalized spacial score (nSPS) is 20.4. The number of hydrogen-bond acceptors (Lipinski definition) is 3. The number of fused-ring (bicyclic) bond motifs is 1. The predicted molar refractivity (Wildman–Crippen MR) is 85.5 cm³/mol. The lowest BCUT2D eigenvalue weighted by atomic mass is 9.69. The fourth-order valence-corrected chi connectivity index (χ4v) is 4.22. The standard InChI is InChI=1S/C16H28N2S/c1-11(2)10-18(7)14-17-12-13(19-14)16(5,6)9-8-15(12,3)4/h11H,8-10H2,1-7H3. The minimum atomic E-state index is 0.234. The monoisotopic (exact) mass is 280 g/mol. The average molecular weight is 280 g/mol. The lowest BCUT2D eigenvalue weighted by Gasteiger charge is -2.37. The Balaban J connectivity index is 2.39. The van der Waals surface area contributed by atoms with Crippen molar-refractivity contribution < 1.29 is 0 Å². The van der Waals surface area contributed by atoms with Gasteiger partial charge in [0.1, 0.15) is 0 Å². The Morgan fingerprint density at radius 1 is 1.16 bits per heavy atom. The fourth-order valence-electron chi connectivity index (χ4n) is 2.87. The molecular formula is C16H28N2S. The molecule has 3 heteroatoms. The minimum Gasteiger partial charge on any atom is -0.351 e. The van der Waals surface area contributed by atoms with Crippen LogP contribution in [0.4, 0.5) is 5.13 Å². The van der Waals surface area contributed by atoms with E-state index in [1.165, 1.54) is 28.5 Å². The molecule has 1 aromatic rings. The van der Waals surface area contributed by atoms with Crippen LogP contribution in [-0.4, -0.2) is 18.6 Å². The molecule has 0 bridgehead atoms. The quantitative estimate of drug-likeness (QED) is 0.805. The summed E-state index contributed by atoms with van der Waals surface area (Å²) in [5, 5.41) is 1.20. The van der Waals surface area contributed by atoms with Gasteiger partial charge in [0.25, 0.3) is 0 Å². The van der Waals surface area contributed by atoms with E-state index in [1.807, 2.05) is 11.3 Å². The molecule has 1 aliphatic rings. The molecule has 0 radical (unpaired) electrons. The molecule has 0 N–H and O–H groups in total. The number of thiazole rings is 1. The fraction of sp³-hybridized carbons (Fsp3) is 0.812. The lowest BCUT2D eigenvalue weighted by Crippen LogP contribution is -2.32. The van der Waals surface area contributed by atoms with Crippen LogP contribution in [-0.2, 0) is 10.8 Å². The van der Waals surface area contributed by atoms with Crippen molar-refractivity contribution in [3.63, 3.8) is 0 Å². The van der Waals surface area contributed by atoms with Gasteiger partial charge in [0.05, 0.1) is 5.69 Å². The van der Waals surface area contributed by atoms with Crippen LogP contribution in [0.15, 0.2) is 0 Å². The molecule has 0 fully saturated rings. The molecule has 19 heavy (non-hydrogen) atoms. The second-order valence-electron chi connectivity index (χ2n) is 7.72. The minimum absolute atomic E-state index is 0.234. The molecule has 0 unspecified atom stereocenters. The summed E-state index contributed by atoms with van der Waals surface area (Å²) >= 11 is 1.91. The highest BCUT2D eigenvalue weighted by atomic mass is 32.1. The maximum Gasteiger partial charge on any atom is 0.185 e. The molecule has 0 atom stereocenters. The Morgan fingerprint density at radius 2 is 1.74 bits per heavy atom. The third kappa shape index (κ3) is 2.81. The number of hydrogen-bond donors (Lipinski definition) is 0. The zero-order chi connectivity index (χ0) is 14.4. The number of nitrogens with zero attached hydrogens (tertiary/aromatic N) is 2. The number of rotatable bonds is 3. The molecule has 0 amide bonds. The molecule has 0 spiro atoms. The van der Waals surface area contributed by atoms with Crippen LogP contribution in [0.25, 0.3) is 0 Å². The Hall–Kier alpha value is -0.570. The Kier molecular flexibility index (Phi) is 3.72. The number of anilines is 1. The first kappa shape index (κ1) is 14.8. The van der Waals surface area contributed by atoms with Crippen LogP contribution in [0, 0.1) is 5.92 Å². The van der Waals surface area contributed by atoms with Gasteiger partial charge in [-0.15, -0.1) is 11.3 Å². The zero-order valence-electron chi connectivity index (χ0n) is 13.5. The van der Waals surface area contributed by atoms with Gasteiger partial charge in [0.15, 0.2) is 5.13 Å². The molecule has 2 nitrogen and oxygen atoms in total. The van der Waals surface area contributed by atoms with Gasteiger partial charge < -0.3 is 4.90 Å². The van der Waals surface area contributed by atoms with Crippen molar-refractivity contribution in [3.05, 3.63) is 10.6 Å². The van der Waals surface area contributed by atoms with E-state index >= 15 is 0 Å². The smallest absolute Gasteiger partial charge is 0.185 e. The molecular weight excluding hydrogens is 252 g/mol. The van der Waals surface area contributed by atoms with Gasteiger partial charge in [-0.05, 0) is 18.8 Å². The summed E-state index contributed by atoms with van der Waals surface area (Å²) in [7, 11) is 2.17. The summed E-state index contributed by atoms with van der Waals surface area (Å²) < 4.78 is 0. The molecule has 0 saturated heterocycles. The lowest BCUT2D eigenvalue weighted by molar-refractivity contribution is 0.331. The van der Waals surface area contributed by atoms with Crippen molar-refractivity contribution in [1.82, 2.24) is 4.98 Å². The first-order valence-corrected chi connectivity index (χ1v) is 8.18. The topological polar surface area (TPSA) is 16.1 Å². The van der Waals surface area contributed by atoms with E-state index in [0.29, 0.717) is 11.3 Å². The molecule has 0 aromatic carbocycles. The van der Waals surface area contributed by atoms with Crippen LogP contribution in [0.3, 0.4) is 0 Å². The Labute approximate surface area is 122 Å². The van der Waals surface area contributed by atoms with E-state index in [0.717, 1.165) is 6.54 Å². The maximum absolute atomic E-state index is 5.00. The first-order chi connectivity index (χ1) is 8.63. The van der Waals surface area contributed by atoms with E-state index in [4.69, 9.17) is 4.98 Å². The summed E-state index contributed by atoms with van der Waals surface area (Å²) in [4.78, 5) is 8.82.